The number of hydrogen-bond donors (Lipinski definition) is 1. The van der Waals surface area contributed by atoms with Crippen molar-refractivity contribution in [3.8, 4) is 0 Å². The second-order valence-corrected chi connectivity index (χ2v) is 8.30. The summed E-state index contributed by atoms with van der Waals surface area (Å²) in [6, 6.07) is 7.93. The van der Waals surface area contributed by atoms with Crippen molar-refractivity contribution in [3.63, 3.8) is 0 Å². The summed E-state index contributed by atoms with van der Waals surface area (Å²) in [5, 5.41) is 0. The van der Waals surface area contributed by atoms with Gasteiger partial charge in [-0.25, -0.2) is 8.93 Å². The lowest BCUT2D eigenvalue weighted by Gasteiger charge is -2.24. The van der Waals surface area contributed by atoms with E-state index in [1.54, 1.807) is 6.92 Å². The van der Waals surface area contributed by atoms with Gasteiger partial charge in [-0.15, -0.1) is 0 Å². The first-order valence-corrected chi connectivity index (χ1v) is 8.79. The van der Waals surface area contributed by atoms with Crippen LogP contribution in [0, 0.1) is 6.92 Å². The summed E-state index contributed by atoms with van der Waals surface area (Å²) in [5.41, 5.74) is 2.21. The van der Waals surface area contributed by atoms with Gasteiger partial charge < -0.3 is 4.74 Å². The molecular weight excluding hydrogens is 298 g/mol. The van der Waals surface area contributed by atoms with Gasteiger partial charge in [-0.3, -0.25) is 4.79 Å². The average molecular weight is 325 g/mol. The van der Waals surface area contributed by atoms with E-state index < -0.39 is 11.0 Å². The third-order valence-electron chi connectivity index (χ3n) is 3.23. The van der Waals surface area contributed by atoms with E-state index in [4.69, 9.17) is 4.74 Å². The maximum absolute atomic E-state index is 12.4. The molecule has 1 rings (SSSR count). The Kier molecular flexibility index (Phi) is 7.23. The zero-order chi connectivity index (χ0) is 16.8. The van der Waals surface area contributed by atoms with E-state index >= 15 is 0 Å². The van der Waals surface area contributed by atoms with Crippen LogP contribution in [0.3, 0.4) is 0 Å². The Morgan fingerprint density at radius 1 is 1.27 bits per heavy atom. The first-order valence-electron chi connectivity index (χ1n) is 7.64. The van der Waals surface area contributed by atoms with E-state index in [-0.39, 0.29) is 16.8 Å². The monoisotopic (exact) mass is 325 g/mol. The largest absolute Gasteiger partial charge is 0.466 e. The summed E-state index contributed by atoms with van der Waals surface area (Å²) in [7, 11) is -1.19. The minimum absolute atomic E-state index is 0.134. The molecule has 5 heteroatoms. The van der Waals surface area contributed by atoms with Crippen LogP contribution in [-0.2, 0) is 20.5 Å². The van der Waals surface area contributed by atoms with Crippen molar-refractivity contribution >= 4 is 17.0 Å². The Morgan fingerprint density at radius 2 is 1.86 bits per heavy atom. The molecule has 2 atom stereocenters. The van der Waals surface area contributed by atoms with Crippen molar-refractivity contribution in [2.45, 2.75) is 58.2 Å². The van der Waals surface area contributed by atoms with Gasteiger partial charge in [0.25, 0.3) is 0 Å². The fourth-order valence-corrected chi connectivity index (χ4v) is 2.76. The van der Waals surface area contributed by atoms with Gasteiger partial charge in [0.05, 0.1) is 22.3 Å². The molecule has 0 amide bonds. The summed E-state index contributed by atoms with van der Waals surface area (Å²) in [6.45, 7) is 9.98. The molecule has 0 fully saturated rings. The SMILES string of the molecule is CCOC(=O)CC[C@H](N[S@](=O)C(C)(C)C)c1ccc(C)cc1. The van der Waals surface area contributed by atoms with E-state index in [9.17, 15) is 9.00 Å². The molecule has 0 aliphatic carbocycles. The number of carbonyl (C=O) groups is 1. The Morgan fingerprint density at radius 3 is 2.36 bits per heavy atom. The molecule has 22 heavy (non-hydrogen) atoms. The van der Waals surface area contributed by atoms with Gasteiger partial charge in [0.1, 0.15) is 0 Å². The van der Waals surface area contributed by atoms with Crippen LogP contribution in [-0.4, -0.2) is 21.5 Å². The number of carbonyl (C=O) groups excluding carboxylic acids is 1. The van der Waals surface area contributed by atoms with Crippen LogP contribution >= 0.6 is 0 Å². The highest BCUT2D eigenvalue weighted by Crippen LogP contribution is 2.22. The minimum Gasteiger partial charge on any atom is -0.466 e. The highest BCUT2D eigenvalue weighted by atomic mass is 32.2. The molecule has 4 nitrogen and oxygen atoms in total. The van der Waals surface area contributed by atoms with E-state index in [0.717, 1.165) is 5.56 Å². The highest BCUT2D eigenvalue weighted by Gasteiger charge is 2.24. The van der Waals surface area contributed by atoms with Gasteiger partial charge in [-0.1, -0.05) is 29.8 Å². The topological polar surface area (TPSA) is 55.4 Å². The molecule has 1 aromatic rings. The lowest BCUT2D eigenvalue weighted by atomic mass is 10.0. The summed E-state index contributed by atoms with van der Waals surface area (Å²) < 4.78 is 20.1. The van der Waals surface area contributed by atoms with E-state index in [1.807, 2.05) is 52.0 Å². The van der Waals surface area contributed by atoms with Crippen molar-refractivity contribution in [2.75, 3.05) is 6.61 Å². The first-order chi connectivity index (χ1) is 10.2. The van der Waals surface area contributed by atoms with E-state index in [1.165, 1.54) is 5.56 Å². The maximum Gasteiger partial charge on any atom is 0.305 e. The summed E-state index contributed by atoms with van der Waals surface area (Å²) in [6.07, 6.45) is 0.866. The molecular formula is C17H27NO3S. The van der Waals surface area contributed by atoms with Crippen LogP contribution in [0.1, 0.15) is 57.7 Å². The number of nitrogens with one attached hydrogen (secondary N) is 1. The number of hydrogen-bond acceptors (Lipinski definition) is 3. The number of benzene rings is 1. The predicted octanol–water partition coefficient (Wildman–Crippen LogP) is 3.43. The smallest absolute Gasteiger partial charge is 0.305 e. The second kappa shape index (κ2) is 8.44. The zero-order valence-corrected chi connectivity index (χ0v) is 15.0. The fraction of sp³-hybridized carbons (Fsp3) is 0.588. The van der Waals surface area contributed by atoms with Crippen molar-refractivity contribution in [2.24, 2.45) is 0 Å². The first kappa shape index (κ1) is 18.8. The molecule has 0 spiro atoms. The molecule has 0 bridgehead atoms. The van der Waals surface area contributed by atoms with Crippen LogP contribution in [0.2, 0.25) is 0 Å². The quantitative estimate of drug-likeness (QED) is 0.781. The molecule has 0 heterocycles. The highest BCUT2D eigenvalue weighted by molar-refractivity contribution is 7.84. The number of rotatable bonds is 7. The molecule has 0 aliphatic heterocycles. The fourth-order valence-electron chi connectivity index (χ4n) is 1.89. The van der Waals surface area contributed by atoms with Crippen molar-refractivity contribution in [1.82, 2.24) is 4.72 Å². The van der Waals surface area contributed by atoms with Gasteiger partial charge in [0, 0.05) is 12.5 Å². The van der Waals surface area contributed by atoms with Gasteiger partial charge in [-0.2, -0.15) is 0 Å². The van der Waals surface area contributed by atoms with Gasteiger partial charge in [-0.05, 0) is 46.6 Å². The number of ether oxygens (including phenoxy) is 1. The Bertz CT molecular complexity index is 506. The molecule has 0 radical (unpaired) electrons. The summed E-state index contributed by atoms with van der Waals surface area (Å²) in [4.78, 5) is 11.6. The Labute approximate surface area is 136 Å². The van der Waals surface area contributed by atoms with Gasteiger partial charge in [0.15, 0.2) is 0 Å². The standard InChI is InChI=1S/C17H27NO3S/c1-6-21-16(19)12-11-15(18-22(20)17(3,4)5)14-9-7-13(2)8-10-14/h7-10,15,18H,6,11-12H2,1-5H3/t15-,22+/m0/s1. The summed E-state index contributed by atoms with van der Waals surface area (Å²) in [5.74, 6) is -0.219. The Balaban J connectivity index is 2.83. The molecule has 124 valence electrons. The molecule has 1 N–H and O–H groups in total. The molecule has 0 aromatic heterocycles. The molecule has 1 aromatic carbocycles. The van der Waals surface area contributed by atoms with Crippen LogP contribution in [0.4, 0.5) is 0 Å². The van der Waals surface area contributed by atoms with E-state index in [2.05, 4.69) is 4.72 Å². The van der Waals surface area contributed by atoms with Crippen LogP contribution < -0.4 is 4.72 Å². The normalized spacial score (nSPS) is 14.4. The number of aryl methyl sites for hydroxylation is 1. The third kappa shape index (κ3) is 6.28. The lowest BCUT2D eigenvalue weighted by molar-refractivity contribution is -0.143. The molecule has 0 unspecified atom stereocenters. The number of esters is 1. The maximum atomic E-state index is 12.4. The third-order valence-corrected chi connectivity index (χ3v) is 4.84. The molecule has 0 saturated heterocycles. The van der Waals surface area contributed by atoms with Gasteiger partial charge in [0.2, 0.25) is 0 Å². The predicted molar refractivity (Wildman–Crippen MR) is 90.8 cm³/mol. The Hall–Kier alpha value is -1.20. The van der Waals surface area contributed by atoms with E-state index in [0.29, 0.717) is 19.4 Å². The second-order valence-electron chi connectivity index (χ2n) is 6.31. The van der Waals surface area contributed by atoms with Gasteiger partial charge >= 0.3 is 5.97 Å². The van der Waals surface area contributed by atoms with Crippen LogP contribution in [0.15, 0.2) is 24.3 Å². The van der Waals surface area contributed by atoms with Crippen LogP contribution in [0.25, 0.3) is 0 Å². The van der Waals surface area contributed by atoms with Crippen LogP contribution in [0.5, 0.6) is 0 Å². The average Bonchev–Trinajstić information content (AvgIpc) is 2.43. The molecule has 0 aliphatic rings. The minimum atomic E-state index is -1.19. The van der Waals surface area contributed by atoms with Crippen molar-refractivity contribution < 1.29 is 13.7 Å². The molecule has 0 saturated carbocycles. The van der Waals surface area contributed by atoms with Crippen molar-refractivity contribution in [1.29, 1.82) is 0 Å². The zero-order valence-electron chi connectivity index (χ0n) is 14.1. The summed E-state index contributed by atoms with van der Waals surface area (Å²) >= 11 is 0. The lowest BCUT2D eigenvalue weighted by Crippen LogP contribution is -2.36. The van der Waals surface area contributed by atoms with Crippen molar-refractivity contribution in [3.05, 3.63) is 35.4 Å².